The maximum absolute atomic E-state index is 11.9. The number of anilines is 1. The van der Waals surface area contributed by atoms with Crippen molar-refractivity contribution in [1.82, 2.24) is 9.97 Å². The summed E-state index contributed by atoms with van der Waals surface area (Å²) in [6, 6.07) is 0. The minimum Gasteiger partial charge on any atom is -0.294 e. The first-order valence-corrected chi connectivity index (χ1v) is 6.28. The van der Waals surface area contributed by atoms with Crippen LogP contribution in [0.4, 0.5) is 5.82 Å². The van der Waals surface area contributed by atoms with Gasteiger partial charge in [0, 0.05) is 24.4 Å². The van der Waals surface area contributed by atoms with Gasteiger partial charge in [-0.2, -0.15) is 0 Å². The molecule has 7 nitrogen and oxygen atoms in total. The summed E-state index contributed by atoms with van der Waals surface area (Å²) < 4.78 is 0.424. The summed E-state index contributed by atoms with van der Waals surface area (Å²) in [7, 11) is 0. The number of amides is 1. The molecule has 1 aromatic rings. The average Bonchev–Trinajstić information content (AvgIpc) is 2.68. The van der Waals surface area contributed by atoms with Crippen molar-refractivity contribution >= 4 is 39.3 Å². The summed E-state index contributed by atoms with van der Waals surface area (Å²) in [5, 5.41) is 3.74. The van der Waals surface area contributed by atoms with Crippen molar-refractivity contribution in [3.05, 3.63) is 26.4 Å². The zero-order valence-electron chi connectivity index (χ0n) is 9.12. The summed E-state index contributed by atoms with van der Waals surface area (Å²) in [6.45, 7) is 0.768. The van der Waals surface area contributed by atoms with E-state index in [1.807, 2.05) is 0 Å². The molecule has 2 heterocycles. The molecule has 0 spiro atoms. The fourth-order valence-corrected chi connectivity index (χ4v) is 2.52. The topological polar surface area (TPSA) is 94.9 Å². The van der Waals surface area contributed by atoms with Crippen LogP contribution in [0.15, 0.2) is 15.9 Å². The van der Waals surface area contributed by atoms with Gasteiger partial charge < -0.3 is 0 Å². The highest BCUT2D eigenvalue weighted by Crippen LogP contribution is 2.29. The molecule has 0 aromatic carbocycles. The van der Waals surface area contributed by atoms with Crippen LogP contribution < -0.4 is 4.90 Å². The maximum Gasteiger partial charge on any atom is 0.228 e. The van der Waals surface area contributed by atoms with Gasteiger partial charge in [0.05, 0.1) is 6.20 Å². The second kappa shape index (κ2) is 5.51. The molecule has 0 bridgehead atoms. The molecule has 1 aromatic heterocycles. The van der Waals surface area contributed by atoms with Crippen LogP contribution in [0.5, 0.6) is 0 Å². The van der Waals surface area contributed by atoms with Gasteiger partial charge >= 0.3 is 0 Å². The fraction of sp³-hybridized carbons (Fsp3) is 0.444. The van der Waals surface area contributed by atoms with Crippen LogP contribution in [0.3, 0.4) is 0 Å². The van der Waals surface area contributed by atoms with Gasteiger partial charge in [-0.3, -0.25) is 9.69 Å². The van der Waals surface area contributed by atoms with Crippen LogP contribution in [-0.2, 0) is 4.79 Å². The Kier molecular flexibility index (Phi) is 4.00. The SMILES string of the molecule is [N-]=[N+]=NCC1CC(=O)N(c2ncc(Cl)nc2Br)C1. The molecule has 2 rings (SSSR count). The molecule has 94 valence electrons. The predicted molar refractivity (Wildman–Crippen MR) is 69.2 cm³/mol. The van der Waals surface area contributed by atoms with Gasteiger partial charge in [0.15, 0.2) is 10.4 Å². The van der Waals surface area contributed by atoms with Crippen molar-refractivity contribution in [3.8, 4) is 0 Å². The molecule has 1 amide bonds. The van der Waals surface area contributed by atoms with E-state index in [0.29, 0.717) is 29.9 Å². The average molecular weight is 332 g/mol. The van der Waals surface area contributed by atoms with Crippen LogP contribution in [0.1, 0.15) is 6.42 Å². The van der Waals surface area contributed by atoms with E-state index in [1.54, 1.807) is 0 Å². The lowest BCUT2D eigenvalue weighted by atomic mass is 10.1. The van der Waals surface area contributed by atoms with E-state index in [4.69, 9.17) is 17.1 Å². The quantitative estimate of drug-likeness (QED) is 0.484. The summed E-state index contributed by atoms with van der Waals surface area (Å²) in [5.41, 5.74) is 8.27. The second-order valence-electron chi connectivity index (χ2n) is 3.80. The van der Waals surface area contributed by atoms with Crippen LogP contribution in [-0.4, -0.2) is 29.0 Å². The number of aromatic nitrogens is 2. The van der Waals surface area contributed by atoms with Crippen molar-refractivity contribution in [1.29, 1.82) is 0 Å². The Morgan fingerprint density at radius 1 is 1.72 bits per heavy atom. The summed E-state index contributed by atoms with van der Waals surface area (Å²) in [5.74, 6) is 0.385. The lowest BCUT2D eigenvalue weighted by molar-refractivity contribution is -0.117. The van der Waals surface area contributed by atoms with Gasteiger partial charge in [-0.05, 0) is 27.4 Å². The number of hydrogen-bond acceptors (Lipinski definition) is 4. The van der Waals surface area contributed by atoms with E-state index in [9.17, 15) is 4.79 Å². The van der Waals surface area contributed by atoms with E-state index >= 15 is 0 Å². The molecular weight excluding hydrogens is 323 g/mol. The highest BCUT2D eigenvalue weighted by molar-refractivity contribution is 9.10. The van der Waals surface area contributed by atoms with Crippen molar-refractivity contribution < 1.29 is 4.79 Å². The third kappa shape index (κ3) is 2.72. The Bertz CT molecular complexity index is 532. The number of rotatable bonds is 3. The Balaban J connectivity index is 2.18. The molecular formula is C9H8BrClN6O. The summed E-state index contributed by atoms with van der Waals surface area (Å²) in [6.07, 6.45) is 1.73. The molecule has 9 heteroatoms. The Morgan fingerprint density at radius 2 is 2.50 bits per heavy atom. The van der Waals surface area contributed by atoms with Gasteiger partial charge in [-0.1, -0.05) is 16.7 Å². The lowest BCUT2D eigenvalue weighted by Gasteiger charge is -2.16. The monoisotopic (exact) mass is 330 g/mol. The van der Waals surface area contributed by atoms with E-state index in [-0.39, 0.29) is 17.0 Å². The molecule has 0 radical (unpaired) electrons. The molecule has 1 aliphatic heterocycles. The highest BCUT2D eigenvalue weighted by Gasteiger charge is 2.32. The molecule has 1 atom stereocenters. The first-order valence-electron chi connectivity index (χ1n) is 5.11. The molecule has 1 aliphatic rings. The number of azide groups is 1. The van der Waals surface area contributed by atoms with Gasteiger partial charge in [0.1, 0.15) is 5.15 Å². The minimum absolute atomic E-state index is 0.0118. The van der Waals surface area contributed by atoms with Gasteiger partial charge in [0.2, 0.25) is 5.91 Å². The molecule has 1 unspecified atom stereocenters. The molecule has 0 aliphatic carbocycles. The van der Waals surface area contributed by atoms with Crippen LogP contribution in [0, 0.1) is 5.92 Å². The first kappa shape index (κ1) is 13.1. The molecule has 0 N–H and O–H groups in total. The lowest BCUT2D eigenvalue weighted by Crippen LogP contribution is -2.26. The summed E-state index contributed by atoms with van der Waals surface area (Å²) >= 11 is 8.92. The van der Waals surface area contributed by atoms with Crippen molar-refractivity contribution in [3.63, 3.8) is 0 Å². The van der Waals surface area contributed by atoms with Gasteiger partial charge in [-0.15, -0.1) is 0 Å². The molecule has 18 heavy (non-hydrogen) atoms. The highest BCUT2D eigenvalue weighted by atomic mass is 79.9. The zero-order valence-corrected chi connectivity index (χ0v) is 11.5. The normalized spacial score (nSPS) is 18.9. The standard InChI is InChI=1S/C9H8BrClN6O/c10-8-9(13-3-6(11)15-8)17-4-5(1-7(17)18)2-14-16-12/h3,5H,1-2,4H2. The third-order valence-electron chi connectivity index (χ3n) is 2.55. The maximum atomic E-state index is 11.9. The van der Waals surface area contributed by atoms with E-state index < -0.39 is 0 Å². The Morgan fingerprint density at radius 3 is 3.17 bits per heavy atom. The van der Waals surface area contributed by atoms with Gasteiger partial charge in [-0.25, -0.2) is 9.97 Å². The Hall–Kier alpha value is -1.37. The van der Waals surface area contributed by atoms with E-state index in [2.05, 4.69) is 35.9 Å². The number of halogens is 2. The second-order valence-corrected chi connectivity index (χ2v) is 4.93. The third-order valence-corrected chi connectivity index (χ3v) is 3.26. The van der Waals surface area contributed by atoms with Crippen LogP contribution in [0.25, 0.3) is 10.4 Å². The van der Waals surface area contributed by atoms with E-state index in [1.165, 1.54) is 11.1 Å². The molecule has 1 fully saturated rings. The summed E-state index contributed by atoms with van der Waals surface area (Å²) in [4.78, 5) is 24.1. The number of hydrogen-bond donors (Lipinski definition) is 0. The number of carbonyl (C=O) groups is 1. The zero-order chi connectivity index (χ0) is 13.1. The van der Waals surface area contributed by atoms with Crippen LogP contribution in [0.2, 0.25) is 5.15 Å². The fourth-order valence-electron chi connectivity index (χ4n) is 1.78. The first-order chi connectivity index (χ1) is 8.61. The van der Waals surface area contributed by atoms with Gasteiger partial charge in [0.25, 0.3) is 0 Å². The van der Waals surface area contributed by atoms with Crippen molar-refractivity contribution in [2.24, 2.45) is 11.0 Å². The number of nitrogens with zero attached hydrogens (tertiary/aromatic N) is 6. The predicted octanol–water partition coefficient (Wildman–Crippen LogP) is 2.56. The van der Waals surface area contributed by atoms with E-state index in [0.717, 1.165) is 0 Å². The Labute approximate surface area is 116 Å². The van der Waals surface area contributed by atoms with Crippen LogP contribution >= 0.6 is 27.5 Å². The largest absolute Gasteiger partial charge is 0.294 e. The smallest absolute Gasteiger partial charge is 0.228 e. The van der Waals surface area contributed by atoms with Crippen molar-refractivity contribution in [2.75, 3.05) is 18.0 Å². The van der Waals surface area contributed by atoms with Crippen molar-refractivity contribution in [2.45, 2.75) is 6.42 Å². The molecule has 1 saturated heterocycles. The molecule has 0 saturated carbocycles. The number of carbonyl (C=O) groups excluding carboxylic acids is 1. The minimum atomic E-state index is -0.0644.